The number of allylic oxidation sites excluding steroid dienone is 1. The highest BCUT2D eigenvalue weighted by atomic mass is 15.1. The van der Waals surface area contributed by atoms with Gasteiger partial charge in [-0.1, -0.05) is 18.2 Å². The highest BCUT2D eigenvalue weighted by Crippen LogP contribution is 2.23. The lowest BCUT2D eigenvalue weighted by molar-refractivity contribution is 0.312. The maximum atomic E-state index is 3.80. The van der Waals surface area contributed by atoms with Crippen molar-refractivity contribution in [2.75, 3.05) is 13.6 Å². The molecular formula is C15H21N. The standard InChI is InChI=1S/C15H21N/c1-4-5-6-13-10-14-7-8-16(3)11-15(14)9-12(13)2/h4,9-10H,1,5-8,11H2,2-3H3. The second-order valence-electron chi connectivity index (χ2n) is 4.86. The van der Waals surface area contributed by atoms with Crippen molar-refractivity contribution >= 4 is 0 Å². The first-order chi connectivity index (χ1) is 7.70. The molecule has 0 saturated heterocycles. The van der Waals surface area contributed by atoms with Gasteiger partial charge in [0.25, 0.3) is 0 Å². The van der Waals surface area contributed by atoms with E-state index in [2.05, 4.69) is 37.6 Å². The normalized spacial score (nSPS) is 15.9. The van der Waals surface area contributed by atoms with Crippen molar-refractivity contribution < 1.29 is 0 Å². The third kappa shape index (κ3) is 2.35. The van der Waals surface area contributed by atoms with E-state index in [1.165, 1.54) is 29.7 Å². The Balaban J connectivity index is 2.26. The number of aryl methyl sites for hydroxylation is 2. The summed E-state index contributed by atoms with van der Waals surface area (Å²) in [7, 11) is 2.20. The highest BCUT2D eigenvalue weighted by molar-refractivity contribution is 5.39. The van der Waals surface area contributed by atoms with Gasteiger partial charge in [0.05, 0.1) is 0 Å². The molecule has 16 heavy (non-hydrogen) atoms. The number of hydrogen-bond acceptors (Lipinski definition) is 1. The predicted molar refractivity (Wildman–Crippen MR) is 69.7 cm³/mol. The Morgan fingerprint density at radius 2 is 2.19 bits per heavy atom. The molecule has 0 fully saturated rings. The Morgan fingerprint density at radius 3 is 2.94 bits per heavy atom. The molecule has 0 bridgehead atoms. The van der Waals surface area contributed by atoms with Crippen molar-refractivity contribution in [1.82, 2.24) is 4.90 Å². The number of fused-ring (bicyclic) bond motifs is 1. The van der Waals surface area contributed by atoms with E-state index in [1.807, 2.05) is 6.08 Å². The van der Waals surface area contributed by atoms with Crippen LogP contribution in [0.3, 0.4) is 0 Å². The van der Waals surface area contributed by atoms with Crippen LogP contribution in [0.15, 0.2) is 24.8 Å². The van der Waals surface area contributed by atoms with Gasteiger partial charge in [-0.2, -0.15) is 0 Å². The first-order valence-corrected chi connectivity index (χ1v) is 6.11. The zero-order chi connectivity index (χ0) is 11.5. The smallest absolute Gasteiger partial charge is 0.0233 e. The SMILES string of the molecule is C=CCCc1cc2c(cc1C)CN(C)CC2. The van der Waals surface area contributed by atoms with Gasteiger partial charge in [0.2, 0.25) is 0 Å². The molecule has 0 amide bonds. The van der Waals surface area contributed by atoms with Crippen LogP contribution in [-0.2, 0) is 19.4 Å². The van der Waals surface area contributed by atoms with Crippen molar-refractivity contribution in [2.24, 2.45) is 0 Å². The van der Waals surface area contributed by atoms with E-state index < -0.39 is 0 Å². The molecule has 1 nitrogen and oxygen atoms in total. The van der Waals surface area contributed by atoms with E-state index >= 15 is 0 Å². The Hall–Kier alpha value is -1.08. The van der Waals surface area contributed by atoms with Gasteiger partial charge in [-0.3, -0.25) is 0 Å². The van der Waals surface area contributed by atoms with E-state index in [-0.39, 0.29) is 0 Å². The summed E-state index contributed by atoms with van der Waals surface area (Å²) in [6, 6.07) is 4.80. The van der Waals surface area contributed by atoms with Crippen LogP contribution in [0.5, 0.6) is 0 Å². The van der Waals surface area contributed by atoms with E-state index in [9.17, 15) is 0 Å². The number of hydrogen-bond donors (Lipinski definition) is 0. The molecule has 1 aliphatic heterocycles. The molecule has 0 spiro atoms. The van der Waals surface area contributed by atoms with Crippen LogP contribution in [0, 0.1) is 6.92 Å². The summed E-state index contributed by atoms with van der Waals surface area (Å²) in [5.41, 5.74) is 6.02. The number of rotatable bonds is 3. The van der Waals surface area contributed by atoms with Gasteiger partial charge in [-0.25, -0.2) is 0 Å². The Morgan fingerprint density at radius 1 is 1.38 bits per heavy atom. The summed E-state index contributed by atoms with van der Waals surface area (Å²) >= 11 is 0. The van der Waals surface area contributed by atoms with Crippen LogP contribution in [0.25, 0.3) is 0 Å². The zero-order valence-electron chi connectivity index (χ0n) is 10.4. The number of benzene rings is 1. The molecule has 1 aromatic rings. The van der Waals surface area contributed by atoms with E-state index in [0.717, 1.165) is 19.4 Å². The lowest BCUT2D eigenvalue weighted by Gasteiger charge is -2.26. The molecule has 1 heterocycles. The zero-order valence-corrected chi connectivity index (χ0v) is 10.4. The van der Waals surface area contributed by atoms with Crippen LogP contribution in [-0.4, -0.2) is 18.5 Å². The largest absolute Gasteiger partial charge is 0.302 e. The highest BCUT2D eigenvalue weighted by Gasteiger charge is 2.14. The van der Waals surface area contributed by atoms with Gasteiger partial charge in [-0.05, 0) is 55.5 Å². The molecule has 1 heteroatoms. The molecular weight excluding hydrogens is 194 g/mol. The fourth-order valence-electron chi connectivity index (χ4n) is 2.45. The average molecular weight is 215 g/mol. The van der Waals surface area contributed by atoms with E-state index in [1.54, 1.807) is 5.56 Å². The van der Waals surface area contributed by atoms with Crippen molar-refractivity contribution in [2.45, 2.75) is 32.7 Å². The van der Waals surface area contributed by atoms with Gasteiger partial charge in [0, 0.05) is 13.1 Å². The van der Waals surface area contributed by atoms with Crippen LogP contribution in [0.4, 0.5) is 0 Å². The molecule has 0 N–H and O–H groups in total. The maximum Gasteiger partial charge on any atom is 0.0233 e. The summed E-state index contributed by atoms with van der Waals surface area (Å²) < 4.78 is 0. The Bertz CT molecular complexity index is 393. The molecule has 1 aromatic carbocycles. The Labute approximate surface area is 98.8 Å². The van der Waals surface area contributed by atoms with Crippen molar-refractivity contribution in [3.8, 4) is 0 Å². The summed E-state index contributed by atoms with van der Waals surface area (Å²) in [5.74, 6) is 0. The van der Waals surface area contributed by atoms with Gasteiger partial charge in [-0.15, -0.1) is 6.58 Å². The fourth-order valence-corrected chi connectivity index (χ4v) is 2.45. The van der Waals surface area contributed by atoms with Gasteiger partial charge >= 0.3 is 0 Å². The van der Waals surface area contributed by atoms with Crippen molar-refractivity contribution in [3.63, 3.8) is 0 Å². The minimum atomic E-state index is 1.08. The Kier molecular flexibility index (Phi) is 3.45. The summed E-state index contributed by atoms with van der Waals surface area (Å²) in [5, 5.41) is 0. The van der Waals surface area contributed by atoms with Crippen LogP contribution in [0.1, 0.15) is 28.7 Å². The summed E-state index contributed by atoms with van der Waals surface area (Å²) in [4.78, 5) is 2.39. The van der Waals surface area contributed by atoms with Gasteiger partial charge in [0.15, 0.2) is 0 Å². The monoisotopic (exact) mass is 215 g/mol. The van der Waals surface area contributed by atoms with Crippen molar-refractivity contribution in [1.29, 1.82) is 0 Å². The van der Waals surface area contributed by atoms with Crippen LogP contribution >= 0.6 is 0 Å². The van der Waals surface area contributed by atoms with Crippen molar-refractivity contribution in [3.05, 3.63) is 47.0 Å². The first kappa shape index (κ1) is 11.4. The van der Waals surface area contributed by atoms with Gasteiger partial charge in [0.1, 0.15) is 0 Å². The fraction of sp³-hybridized carbons (Fsp3) is 0.467. The minimum Gasteiger partial charge on any atom is -0.302 e. The molecule has 0 atom stereocenters. The third-order valence-corrected chi connectivity index (χ3v) is 3.48. The lowest BCUT2D eigenvalue weighted by atomic mass is 9.92. The molecule has 86 valence electrons. The minimum absolute atomic E-state index is 1.08. The second-order valence-corrected chi connectivity index (χ2v) is 4.86. The molecule has 0 radical (unpaired) electrons. The van der Waals surface area contributed by atoms with Crippen LogP contribution in [0.2, 0.25) is 0 Å². The average Bonchev–Trinajstić information content (AvgIpc) is 2.26. The first-order valence-electron chi connectivity index (χ1n) is 6.11. The molecule has 0 aromatic heterocycles. The van der Waals surface area contributed by atoms with E-state index in [4.69, 9.17) is 0 Å². The second kappa shape index (κ2) is 4.84. The summed E-state index contributed by atoms with van der Waals surface area (Å²) in [6.07, 6.45) is 5.43. The number of likely N-dealkylation sites (N-methyl/N-ethyl adjacent to an activating group) is 1. The maximum absolute atomic E-state index is 3.80. The van der Waals surface area contributed by atoms with E-state index in [0.29, 0.717) is 0 Å². The summed E-state index contributed by atoms with van der Waals surface area (Å²) in [6.45, 7) is 8.33. The molecule has 0 saturated carbocycles. The predicted octanol–water partition coefficient (Wildman–Crippen LogP) is 3.10. The number of nitrogens with zero attached hydrogens (tertiary/aromatic N) is 1. The van der Waals surface area contributed by atoms with Gasteiger partial charge < -0.3 is 4.90 Å². The lowest BCUT2D eigenvalue weighted by Crippen LogP contribution is -2.26. The quantitative estimate of drug-likeness (QED) is 0.700. The van der Waals surface area contributed by atoms with Crippen LogP contribution < -0.4 is 0 Å². The molecule has 0 unspecified atom stereocenters. The third-order valence-electron chi connectivity index (χ3n) is 3.48. The molecule has 0 aliphatic carbocycles. The topological polar surface area (TPSA) is 3.24 Å². The molecule has 1 aliphatic rings. The molecule has 2 rings (SSSR count).